The number of hydrogen-bond donors (Lipinski definition) is 1. The Kier molecular flexibility index (Phi) is 7.06. The summed E-state index contributed by atoms with van der Waals surface area (Å²) in [4.78, 5) is 29.0. The first-order valence-corrected chi connectivity index (χ1v) is 13.3. The molecule has 6 nitrogen and oxygen atoms in total. The third kappa shape index (κ3) is 4.58. The van der Waals surface area contributed by atoms with Crippen molar-refractivity contribution in [2.45, 2.75) is 32.2 Å². The largest absolute Gasteiger partial charge is 0.507 e. The van der Waals surface area contributed by atoms with Gasteiger partial charge in [0.1, 0.15) is 17.3 Å². The molecular weight excluding hydrogens is 526 g/mol. The lowest BCUT2D eigenvalue weighted by atomic mass is 9.85. The average Bonchev–Trinajstić information content (AvgIpc) is 3.21. The number of ether oxygens (including phenoxy) is 2. The Bertz CT molecular complexity index is 1660. The number of halogens is 1. The van der Waals surface area contributed by atoms with Crippen LogP contribution < -0.4 is 14.4 Å². The number of amides is 1. The number of rotatable bonds is 5. The van der Waals surface area contributed by atoms with Gasteiger partial charge in [0.25, 0.3) is 11.7 Å². The van der Waals surface area contributed by atoms with E-state index in [9.17, 15) is 14.7 Å². The van der Waals surface area contributed by atoms with Crippen molar-refractivity contribution in [1.29, 1.82) is 0 Å². The number of carbonyl (C=O) groups excluding carboxylic acids is 2. The van der Waals surface area contributed by atoms with E-state index in [4.69, 9.17) is 21.1 Å². The number of methoxy groups -OCH3 is 2. The van der Waals surface area contributed by atoms with Gasteiger partial charge in [-0.1, -0.05) is 93.0 Å². The fraction of sp³-hybridized carbons (Fsp3) is 0.212. The number of fused-ring (bicyclic) bond motifs is 1. The Morgan fingerprint density at radius 2 is 1.52 bits per heavy atom. The van der Waals surface area contributed by atoms with E-state index in [1.807, 2.05) is 66.7 Å². The van der Waals surface area contributed by atoms with Crippen LogP contribution in [0.15, 0.2) is 84.4 Å². The summed E-state index contributed by atoms with van der Waals surface area (Å²) in [5, 5.41) is 13.7. The number of Topliss-reactive ketones (excluding diaryl/α,β-unsaturated/α-hetero) is 1. The Hall–Kier alpha value is -4.29. The van der Waals surface area contributed by atoms with Crippen LogP contribution in [-0.2, 0) is 15.0 Å². The van der Waals surface area contributed by atoms with Gasteiger partial charge in [0, 0.05) is 11.5 Å². The summed E-state index contributed by atoms with van der Waals surface area (Å²) in [5.41, 5.74) is 2.39. The van der Waals surface area contributed by atoms with Crippen molar-refractivity contribution in [3.05, 3.63) is 106 Å². The zero-order valence-corrected chi connectivity index (χ0v) is 23.7. The monoisotopic (exact) mass is 555 g/mol. The Morgan fingerprint density at radius 1 is 0.875 bits per heavy atom. The van der Waals surface area contributed by atoms with Gasteiger partial charge in [-0.15, -0.1) is 0 Å². The molecule has 0 spiro atoms. The highest BCUT2D eigenvalue weighted by Gasteiger charge is 2.47. The normalized spacial score (nSPS) is 16.9. The van der Waals surface area contributed by atoms with Gasteiger partial charge < -0.3 is 14.6 Å². The van der Waals surface area contributed by atoms with Crippen LogP contribution >= 0.6 is 11.6 Å². The second-order valence-corrected chi connectivity index (χ2v) is 11.1. The van der Waals surface area contributed by atoms with Crippen molar-refractivity contribution in [3.8, 4) is 11.5 Å². The topological polar surface area (TPSA) is 76.1 Å². The number of aliphatic hydroxyl groups is 1. The lowest BCUT2D eigenvalue weighted by molar-refractivity contribution is -0.132. The highest BCUT2D eigenvalue weighted by atomic mass is 35.5. The average molecular weight is 556 g/mol. The summed E-state index contributed by atoms with van der Waals surface area (Å²) in [7, 11) is 2.91. The fourth-order valence-electron chi connectivity index (χ4n) is 5.17. The second kappa shape index (κ2) is 10.4. The fourth-order valence-corrected chi connectivity index (χ4v) is 5.41. The third-order valence-corrected chi connectivity index (χ3v) is 7.59. The van der Waals surface area contributed by atoms with Crippen LogP contribution in [-0.4, -0.2) is 31.0 Å². The van der Waals surface area contributed by atoms with Gasteiger partial charge in [0.05, 0.1) is 42.1 Å². The molecule has 0 aliphatic carbocycles. The summed E-state index contributed by atoms with van der Waals surface area (Å²) in [6, 6.07) is 23.2. The smallest absolute Gasteiger partial charge is 0.300 e. The molecule has 4 aromatic rings. The van der Waals surface area contributed by atoms with Crippen molar-refractivity contribution < 1.29 is 24.2 Å². The Labute approximate surface area is 238 Å². The quantitative estimate of drug-likeness (QED) is 0.157. The maximum atomic E-state index is 13.8. The first-order chi connectivity index (χ1) is 19.1. The predicted molar refractivity (Wildman–Crippen MR) is 158 cm³/mol. The molecule has 204 valence electrons. The van der Waals surface area contributed by atoms with Crippen LogP contribution in [0.25, 0.3) is 16.5 Å². The molecule has 5 rings (SSSR count). The maximum Gasteiger partial charge on any atom is 0.300 e. The van der Waals surface area contributed by atoms with Gasteiger partial charge in [0.2, 0.25) is 0 Å². The van der Waals surface area contributed by atoms with Crippen LogP contribution in [0.5, 0.6) is 11.5 Å². The van der Waals surface area contributed by atoms with Crippen molar-refractivity contribution in [3.63, 3.8) is 0 Å². The minimum atomic E-state index is -0.898. The number of anilines is 1. The molecule has 1 atom stereocenters. The zero-order chi connectivity index (χ0) is 28.8. The van der Waals surface area contributed by atoms with Gasteiger partial charge in [-0.2, -0.15) is 0 Å². The van der Waals surface area contributed by atoms with Gasteiger partial charge in [-0.05, 0) is 34.1 Å². The SMILES string of the molecule is COc1cc(OC)c(/C(O)=C2\C(=O)C(=O)N(c3cccc4ccccc34)C2c2ccc(C(C)(C)C)cc2)cc1Cl. The van der Waals surface area contributed by atoms with Crippen molar-refractivity contribution in [2.24, 2.45) is 0 Å². The van der Waals surface area contributed by atoms with Crippen LogP contribution in [0, 0.1) is 0 Å². The van der Waals surface area contributed by atoms with E-state index >= 15 is 0 Å². The van der Waals surface area contributed by atoms with Crippen molar-refractivity contribution in [1.82, 2.24) is 0 Å². The molecule has 1 heterocycles. The molecule has 1 amide bonds. The molecule has 1 aliphatic heterocycles. The molecule has 1 N–H and O–H groups in total. The molecule has 0 aromatic heterocycles. The van der Waals surface area contributed by atoms with E-state index < -0.39 is 17.7 Å². The molecular formula is C33H30ClNO5. The molecule has 1 saturated heterocycles. The van der Waals surface area contributed by atoms with Crippen LogP contribution in [0.4, 0.5) is 5.69 Å². The van der Waals surface area contributed by atoms with Crippen molar-refractivity contribution in [2.75, 3.05) is 19.1 Å². The third-order valence-electron chi connectivity index (χ3n) is 7.29. The first kappa shape index (κ1) is 27.3. The van der Waals surface area contributed by atoms with E-state index in [2.05, 4.69) is 20.8 Å². The Morgan fingerprint density at radius 3 is 2.17 bits per heavy atom. The number of nitrogens with zero attached hydrogens (tertiary/aromatic N) is 1. The van der Waals surface area contributed by atoms with Gasteiger partial charge in [-0.3, -0.25) is 14.5 Å². The molecule has 0 bridgehead atoms. The Balaban J connectivity index is 1.79. The summed E-state index contributed by atoms with van der Waals surface area (Å²) >= 11 is 6.40. The summed E-state index contributed by atoms with van der Waals surface area (Å²) in [5.74, 6) is -1.32. The molecule has 4 aromatic carbocycles. The van der Waals surface area contributed by atoms with Crippen LogP contribution in [0.3, 0.4) is 0 Å². The zero-order valence-electron chi connectivity index (χ0n) is 23.0. The molecule has 1 fully saturated rings. The van der Waals surface area contributed by atoms with Crippen molar-refractivity contribution >= 4 is 45.5 Å². The van der Waals surface area contributed by atoms with E-state index in [1.54, 1.807) is 0 Å². The van der Waals surface area contributed by atoms with E-state index in [1.165, 1.54) is 31.3 Å². The minimum absolute atomic E-state index is 0.0547. The number of aliphatic hydroxyl groups excluding tert-OH is 1. The van der Waals surface area contributed by atoms with Gasteiger partial charge >= 0.3 is 0 Å². The summed E-state index contributed by atoms with van der Waals surface area (Å²) < 4.78 is 10.8. The number of benzene rings is 4. The summed E-state index contributed by atoms with van der Waals surface area (Å²) in [6.45, 7) is 6.34. The van der Waals surface area contributed by atoms with E-state index in [0.717, 1.165) is 16.3 Å². The molecule has 7 heteroatoms. The number of carbonyl (C=O) groups is 2. The first-order valence-electron chi connectivity index (χ1n) is 12.9. The lowest BCUT2D eigenvalue weighted by Crippen LogP contribution is -2.29. The molecule has 1 aliphatic rings. The van der Waals surface area contributed by atoms with E-state index in [-0.39, 0.29) is 33.1 Å². The van der Waals surface area contributed by atoms with Gasteiger partial charge in [0.15, 0.2) is 0 Å². The lowest BCUT2D eigenvalue weighted by Gasteiger charge is -2.27. The van der Waals surface area contributed by atoms with Crippen LogP contribution in [0.2, 0.25) is 5.02 Å². The molecule has 40 heavy (non-hydrogen) atoms. The van der Waals surface area contributed by atoms with Crippen LogP contribution in [0.1, 0.15) is 43.5 Å². The van der Waals surface area contributed by atoms with E-state index in [0.29, 0.717) is 17.0 Å². The second-order valence-electron chi connectivity index (χ2n) is 10.7. The highest BCUT2D eigenvalue weighted by Crippen LogP contribution is 2.46. The number of hydrogen-bond acceptors (Lipinski definition) is 5. The summed E-state index contributed by atoms with van der Waals surface area (Å²) in [6.07, 6.45) is 0. The van der Waals surface area contributed by atoms with Gasteiger partial charge in [-0.25, -0.2) is 0 Å². The predicted octanol–water partition coefficient (Wildman–Crippen LogP) is 7.43. The minimum Gasteiger partial charge on any atom is -0.507 e. The maximum absolute atomic E-state index is 13.8. The molecule has 1 unspecified atom stereocenters. The number of ketones is 1. The highest BCUT2D eigenvalue weighted by molar-refractivity contribution is 6.52. The molecule has 0 radical (unpaired) electrons. The molecule has 0 saturated carbocycles. The standard InChI is InChI=1S/C33H30ClNO5/c1-33(2,3)21-15-13-20(14-16-21)29-28(30(36)23-17-24(34)27(40-5)18-26(23)39-4)31(37)32(38)35(29)25-12-8-10-19-9-6-7-11-22(19)25/h6-18,29,36H,1-5H3/b30-28+.